The van der Waals surface area contributed by atoms with Crippen molar-refractivity contribution >= 4 is 15.9 Å². The Morgan fingerprint density at radius 1 is 1.24 bits per heavy atom. The molecule has 0 heterocycles. The molecule has 0 fully saturated rings. The Hall–Kier alpha value is -1.90. The molecule has 108 valence electrons. The second-order valence-electron chi connectivity index (χ2n) is 4.47. The van der Waals surface area contributed by atoms with Gasteiger partial charge in [-0.15, -0.1) is 0 Å². The third kappa shape index (κ3) is 3.81. The number of nitrogens with two attached hydrogens (primary N) is 1. The molecule has 0 spiro atoms. The van der Waals surface area contributed by atoms with Gasteiger partial charge in [0.2, 0.25) is 0 Å². The van der Waals surface area contributed by atoms with Crippen molar-refractivity contribution in [1.29, 1.82) is 5.26 Å². The molecule has 0 aliphatic rings. The van der Waals surface area contributed by atoms with Crippen LogP contribution in [0.15, 0.2) is 40.9 Å². The van der Waals surface area contributed by atoms with Gasteiger partial charge in [-0.3, -0.25) is 0 Å². The fourth-order valence-corrected chi connectivity index (χ4v) is 2.53. The molecule has 0 aliphatic heterocycles. The highest BCUT2D eigenvalue weighted by molar-refractivity contribution is 9.10. The lowest BCUT2D eigenvalue weighted by molar-refractivity contribution is 0.300. The van der Waals surface area contributed by atoms with E-state index in [2.05, 4.69) is 15.9 Å². The number of halogens is 2. The molecule has 5 heteroatoms. The summed E-state index contributed by atoms with van der Waals surface area (Å²) in [5.74, 6) is 0.290. The Balaban J connectivity index is 2.25. The van der Waals surface area contributed by atoms with Gasteiger partial charge in [0, 0.05) is 5.56 Å². The van der Waals surface area contributed by atoms with Crippen LogP contribution in [0.2, 0.25) is 0 Å². The Morgan fingerprint density at radius 3 is 2.76 bits per heavy atom. The minimum absolute atomic E-state index is 0.126. The summed E-state index contributed by atoms with van der Waals surface area (Å²) in [5.41, 5.74) is 7.49. The van der Waals surface area contributed by atoms with Crippen molar-refractivity contribution in [2.24, 2.45) is 5.73 Å². The third-order valence-electron chi connectivity index (χ3n) is 3.02. The van der Waals surface area contributed by atoms with Gasteiger partial charge in [0.05, 0.1) is 16.1 Å². The van der Waals surface area contributed by atoms with Gasteiger partial charge in [0.25, 0.3) is 0 Å². The molecule has 3 nitrogen and oxygen atoms in total. The number of rotatable bonds is 5. The summed E-state index contributed by atoms with van der Waals surface area (Å²) in [6.45, 7) is 0.636. The van der Waals surface area contributed by atoms with Gasteiger partial charge < -0.3 is 10.5 Å². The highest BCUT2D eigenvalue weighted by Crippen LogP contribution is 2.30. The van der Waals surface area contributed by atoms with E-state index in [0.29, 0.717) is 29.8 Å². The molecule has 0 atom stereocenters. The first-order chi connectivity index (χ1) is 10.2. The molecule has 0 amide bonds. The van der Waals surface area contributed by atoms with E-state index in [1.807, 2.05) is 24.3 Å². The van der Waals surface area contributed by atoms with Crippen LogP contribution in [0.1, 0.15) is 16.7 Å². The van der Waals surface area contributed by atoms with Crippen LogP contribution >= 0.6 is 15.9 Å². The zero-order valence-electron chi connectivity index (χ0n) is 11.3. The lowest BCUT2D eigenvalue weighted by Crippen LogP contribution is -2.06. The molecular formula is C16H14BrFN2O. The van der Waals surface area contributed by atoms with Crippen LogP contribution in [-0.4, -0.2) is 6.54 Å². The summed E-state index contributed by atoms with van der Waals surface area (Å²) < 4.78 is 19.9. The standard InChI is InChI=1S/C16H14BrFN2O/c17-15-3-1-2-11(6-7-19)16(15)21-10-13-8-14(18)5-4-12(13)9-20/h1-5,8H,6-7,10,19H2. The van der Waals surface area contributed by atoms with Gasteiger partial charge >= 0.3 is 0 Å². The Bertz CT molecular complexity index is 682. The highest BCUT2D eigenvalue weighted by Gasteiger charge is 2.10. The van der Waals surface area contributed by atoms with Crippen LogP contribution in [0.25, 0.3) is 0 Å². The molecule has 0 bridgehead atoms. The van der Waals surface area contributed by atoms with Crippen LogP contribution in [0, 0.1) is 17.1 Å². The average Bonchev–Trinajstić information content (AvgIpc) is 2.47. The smallest absolute Gasteiger partial charge is 0.137 e. The summed E-state index contributed by atoms with van der Waals surface area (Å²) in [5, 5.41) is 9.05. The van der Waals surface area contributed by atoms with E-state index >= 15 is 0 Å². The van der Waals surface area contributed by atoms with Crippen LogP contribution in [0.4, 0.5) is 4.39 Å². The number of nitriles is 1. The number of ether oxygens (including phenoxy) is 1. The fraction of sp³-hybridized carbons (Fsp3) is 0.188. The molecule has 0 unspecified atom stereocenters. The molecule has 0 saturated heterocycles. The molecule has 2 rings (SSSR count). The van der Waals surface area contributed by atoms with Crippen molar-refractivity contribution in [3.8, 4) is 11.8 Å². The SMILES string of the molecule is N#Cc1ccc(F)cc1COc1c(Br)cccc1CCN. The molecule has 2 aromatic rings. The predicted molar refractivity (Wildman–Crippen MR) is 82.3 cm³/mol. The van der Waals surface area contributed by atoms with E-state index in [1.54, 1.807) is 0 Å². The summed E-state index contributed by atoms with van der Waals surface area (Å²) in [7, 11) is 0. The van der Waals surface area contributed by atoms with Crippen molar-refractivity contribution in [2.45, 2.75) is 13.0 Å². The average molecular weight is 349 g/mol. The number of benzene rings is 2. The molecule has 0 radical (unpaired) electrons. The molecule has 0 aromatic heterocycles. The Kier molecular flexibility index (Phi) is 5.32. The molecule has 0 saturated carbocycles. The van der Waals surface area contributed by atoms with E-state index in [1.165, 1.54) is 18.2 Å². The van der Waals surface area contributed by atoms with Gasteiger partial charge in [0.15, 0.2) is 0 Å². The lowest BCUT2D eigenvalue weighted by atomic mass is 10.1. The summed E-state index contributed by atoms with van der Waals surface area (Å²) in [4.78, 5) is 0. The van der Waals surface area contributed by atoms with Crippen molar-refractivity contribution in [3.05, 3.63) is 63.4 Å². The first-order valence-corrected chi connectivity index (χ1v) is 7.23. The minimum Gasteiger partial charge on any atom is -0.487 e. The molecule has 2 aromatic carbocycles. The van der Waals surface area contributed by atoms with E-state index in [-0.39, 0.29) is 12.4 Å². The van der Waals surface area contributed by atoms with Gasteiger partial charge in [0.1, 0.15) is 18.2 Å². The highest BCUT2D eigenvalue weighted by atomic mass is 79.9. The normalized spacial score (nSPS) is 10.2. The molecular weight excluding hydrogens is 335 g/mol. The molecule has 2 N–H and O–H groups in total. The lowest BCUT2D eigenvalue weighted by Gasteiger charge is -2.13. The minimum atomic E-state index is -0.387. The number of hydrogen-bond donors (Lipinski definition) is 1. The summed E-state index contributed by atoms with van der Waals surface area (Å²) in [6, 6.07) is 11.8. The first kappa shape index (κ1) is 15.5. The monoisotopic (exact) mass is 348 g/mol. The van der Waals surface area contributed by atoms with Crippen molar-refractivity contribution in [1.82, 2.24) is 0 Å². The Labute approximate surface area is 131 Å². The predicted octanol–water partition coefficient (Wildman–Crippen LogP) is 3.54. The van der Waals surface area contributed by atoms with Crippen LogP contribution in [0.5, 0.6) is 5.75 Å². The second-order valence-corrected chi connectivity index (χ2v) is 5.32. The topological polar surface area (TPSA) is 59.0 Å². The molecule has 0 aliphatic carbocycles. The quantitative estimate of drug-likeness (QED) is 0.898. The van der Waals surface area contributed by atoms with Crippen LogP contribution < -0.4 is 10.5 Å². The van der Waals surface area contributed by atoms with E-state index in [9.17, 15) is 4.39 Å². The largest absolute Gasteiger partial charge is 0.487 e. The van der Waals surface area contributed by atoms with Gasteiger partial charge in [-0.25, -0.2) is 4.39 Å². The van der Waals surface area contributed by atoms with E-state index in [4.69, 9.17) is 15.7 Å². The maximum atomic E-state index is 13.3. The zero-order chi connectivity index (χ0) is 15.2. The van der Waals surface area contributed by atoms with E-state index < -0.39 is 0 Å². The van der Waals surface area contributed by atoms with Gasteiger partial charge in [-0.2, -0.15) is 5.26 Å². The van der Waals surface area contributed by atoms with Crippen LogP contribution in [0.3, 0.4) is 0 Å². The number of para-hydroxylation sites is 1. The van der Waals surface area contributed by atoms with Crippen molar-refractivity contribution < 1.29 is 9.13 Å². The molecule has 21 heavy (non-hydrogen) atoms. The number of nitrogens with zero attached hydrogens (tertiary/aromatic N) is 1. The Morgan fingerprint density at radius 2 is 2.05 bits per heavy atom. The van der Waals surface area contributed by atoms with Crippen LogP contribution in [-0.2, 0) is 13.0 Å². The van der Waals surface area contributed by atoms with Gasteiger partial charge in [-0.1, -0.05) is 12.1 Å². The van der Waals surface area contributed by atoms with Crippen molar-refractivity contribution in [2.75, 3.05) is 6.54 Å². The maximum absolute atomic E-state index is 13.3. The first-order valence-electron chi connectivity index (χ1n) is 6.44. The summed E-state index contributed by atoms with van der Waals surface area (Å²) in [6.07, 6.45) is 0.684. The van der Waals surface area contributed by atoms with Crippen molar-refractivity contribution in [3.63, 3.8) is 0 Å². The summed E-state index contributed by atoms with van der Waals surface area (Å²) >= 11 is 3.44. The maximum Gasteiger partial charge on any atom is 0.137 e. The van der Waals surface area contributed by atoms with Gasteiger partial charge in [-0.05, 0) is 58.7 Å². The third-order valence-corrected chi connectivity index (χ3v) is 3.65. The fourth-order valence-electron chi connectivity index (χ4n) is 2.01. The zero-order valence-corrected chi connectivity index (χ0v) is 12.9. The number of hydrogen-bond acceptors (Lipinski definition) is 3. The van der Waals surface area contributed by atoms with E-state index in [0.717, 1.165) is 10.0 Å². The second kappa shape index (κ2) is 7.21.